The van der Waals surface area contributed by atoms with Crippen LogP contribution in [0.4, 0.5) is 27.7 Å². The molecule has 1 aromatic carbocycles. The second-order valence-electron chi connectivity index (χ2n) is 7.62. The summed E-state index contributed by atoms with van der Waals surface area (Å²) in [7, 11) is 5.43. The van der Waals surface area contributed by atoms with Gasteiger partial charge in [-0.25, -0.2) is 0 Å². The van der Waals surface area contributed by atoms with E-state index < -0.39 is 0 Å². The van der Waals surface area contributed by atoms with Crippen LogP contribution in [0.3, 0.4) is 0 Å². The first-order valence-electron chi connectivity index (χ1n) is 10.3. The predicted molar refractivity (Wildman–Crippen MR) is 117 cm³/mol. The normalized spacial score (nSPS) is 17.3. The van der Waals surface area contributed by atoms with Gasteiger partial charge in [0, 0.05) is 53.4 Å². The van der Waals surface area contributed by atoms with Crippen molar-refractivity contribution in [2.75, 3.05) is 93.3 Å². The average molecular weight is 417 g/mol. The number of para-hydroxylation sites is 2. The Morgan fingerprint density at radius 1 is 0.900 bits per heavy atom. The van der Waals surface area contributed by atoms with Crippen LogP contribution < -0.4 is 24.3 Å². The Bertz CT molecular complexity index is 867. The molecule has 4 rings (SSSR count). The summed E-state index contributed by atoms with van der Waals surface area (Å²) in [5, 5.41) is 0. The average Bonchev–Trinajstić information content (AvgIpc) is 2.80. The molecule has 2 aliphatic rings. The Morgan fingerprint density at radius 2 is 1.47 bits per heavy atom. The van der Waals surface area contributed by atoms with Crippen LogP contribution >= 0.6 is 0 Å². The van der Waals surface area contributed by atoms with Crippen LogP contribution in [0, 0.1) is 5.82 Å². The Balaban J connectivity index is 1.57. The van der Waals surface area contributed by atoms with Gasteiger partial charge in [-0.1, -0.05) is 12.1 Å². The Hall–Kier alpha value is -2.81. The van der Waals surface area contributed by atoms with Crippen LogP contribution in [0.2, 0.25) is 0 Å². The van der Waals surface area contributed by atoms with E-state index in [2.05, 4.69) is 20.9 Å². The summed E-state index contributed by atoms with van der Waals surface area (Å²) in [4.78, 5) is 17.1. The van der Waals surface area contributed by atoms with E-state index in [4.69, 9.17) is 9.47 Å². The number of nitrogens with zero attached hydrogens (tertiary/aromatic N) is 6. The molecule has 0 amide bonds. The van der Waals surface area contributed by atoms with Crippen LogP contribution in [-0.2, 0) is 4.74 Å². The van der Waals surface area contributed by atoms with Crippen molar-refractivity contribution in [1.82, 2.24) is 9.97 Å². The maximum Gasteiger partial charge on any atom is 0.228 e. The minimum atomic E-state index is -0.353. The first-order valence-corrected chi connectivity index (χ1v) is 10.3. The van der Waals surface area contributed by atoms with Crippen molar-refractivity contribution in [3.05, 3.63) is 30.1 Å². The lowest BCUT2D eigenvalue weighted by Gasteiger charge is -2.38. The van der Waals surface area contributed by atoms with E-state index in [0.717, 1.165) is 24.5 Å². The molecule has 0 spiro atoms. The van der Waals surface area contributed by atoms with E-state index in [1.807, 2.05) is 47.0 Å². The highest BCUT2D eigenvalue weighted by Gasteiger charge is 2.28. The van der Waals surface area contributed by atoms with E-state index in [9.17, 15) is 0 Å². The largest absolute Gasteiger partial charge is 0.495 e. The van der Waals surface area contributed by atoms with Gasteiger partial charge in [0.05, 0.1) is 26.0 Å². The van der Waals surface area contributed by atoms with Crippen molar-refractivity contribution < 1.29 is 13.9 Å². The molecule has 2 aliphatic heterocycles. The number of ether oxygens (including phenoxy) is 2. The second kappa shape index (κ2) is 8.91. The second-order valence-corrected chi connectivity index (χ2v) is 7.62. The molecule has 8 nitrogen and oxygen atoms in total. The number of rotatable bonds is 5. The first kappa shape index (κ1) is 20.5. The lowest BCUT2D eigenvalue weighted by Crippen LogP contribution is -2.47. The molecule has 0 saturated carbocycles. The summed E-state index contributed by atoms with van der Waals surface area (Å²) < 4.78 is 26.4. The van der Waals surface area contributed by atoms with E-state index in [1.54, 1.807) is 7.11 Å². The number of halogens is 1. The Kier molecular flexibility index (Phi) is 6.08. The van der Waals surface area contributed by atoms with Gasteiger partial charge >= 0.3 is 0 Å². The van der Waals surface area contributed by atoms with Crippen molar-refractivity contribution in [2.24, 2.45) is 0 Å². The molecule has 30 heavy (non-hydrogen) atoms. The van der Waals surface area contributed by atoms with Crippen LogP contribution in [-0.4, -0.2) is 83.7 Å². The van der Waals surface area contributed by atoms with Gasteiger partial charge in [0.15, 0.2) is 11.6 Å². The zero-order valence-corrected chi connectivity index (χ0v) is 17.8. The maximum absolute atomic E-state index is 15.5. The molecule has 9 heteroatoms. The number of morpholine rings is 1. The molecule has 3 heterocycles. The third-order valence-corrected chi connectivity index (χ3v) is 5.52. The topological polar surface area (TPSA) is 57.2 Å². The van der Waals surface area contributed by atoms with Gasteiger partial charge in [0.25, 0.3) is 0 Å². The van der Waals surface area contributed by atoms with Crippen LogP contribution in [0.15, 0.2) is 24.3 Å². The van der Waals surface area contributed by atoms with Gasteiger partial charge in [-0.2, -0.15) is 14.4 Å². The molecule has 162 valence electrons. The monoisotopic (exact) mass is 416 g/mol. The molecule has 0 aliphatic carbocycles. The quantitative estimate of drug-likeness (QED) is 0.732. The van der Waals surface area contributed by atoms with Crippen molar-refractivity contribution in [3.63, 3.8) is 0 Å². The van der Waals surface area contributed by atoms with Crippen molar-refractivity contribution in [3.8, 4) is 5.75 Å². The molecule has 2 fully saturated rings. The summed E-state index contributed by atoms with van der Waals surface area (Å²) in [6.07, 6.45) is 0. The SMILES string of the molecule is COc1ccccc1N1CCN(c2nc(N(C)C)nc(N3CCOCC3)c2F)CC1. The third-order valence-electron chi connectivity index (χ3n) is 5.52. The fraction of sp³-hybridized carbons (Fsp3) is 0.524. The molecule has 1 aromatic heterocycles. The van der Waals surface area contributed by atoms with Crippen LogP contribution in [0.1, 0.15) is 0 Å². The van der Waals surface area contributed by atoms with E-state index >= 15 is 4.39 Å². The van der Waals surface area contributed by atoms with E-state index in [-0.39, 0.29) is 5.82 Å². The minimum absolute atomic E-state index is 0.353. The molecule has 2 aromatic rings. The number of piperazine rings is 1. The van der Waals surface area contributed by atoms with Gasteiger partial charge in [-0.15, -0.1) is 0 Å². The lowest BCUT2D eigenvalue weighted by molar-refractivity contribution is 0.122. The minimum Gasteiger partial charge on any atom is -0.495 e. The summed E-state index contributed by atoms with van der Waals surface area (Å²) in [5.74, 6) is 1.74. The highest BCUT2D eigenvalue weighted by molar-refractivity contribution is 5.61. The zero-order chi connectivity index (χ0) is 21.1. The molecular weight excluding hydrogens is 387 g/mol. The summed E-state index contributed by atoms with van der Waals surface area (Å²) in [6, 6.07) is 7.99. The van der Waals surface area contributed by atoms with Gasteiger partial charge in [-0.05, 0) is 12.1 Å². The van der Waals surface area contributed by atoms with Crippen LogP contribution in [0.25, 0.3) is 0 Å². The summed E-state index contributed by atoms with van der Waals surface area (Å²) >= 11 is 0. The smallest absolute Gasteiger partial charge is 0.228 e. The highest BCUT2D eigenvalue weighted by Crippen LogP contribution is 2.32. The van der Waals surface area contributed by atoms with Gasteiger partial charge in [-0.3, -0.25) is 0 Å². The number of benzene rings is 1. The number of hydrogen-bond acceptors (Lipinski definition) is 8. The van der Waals surface area contributed by atoms with E-state index in [1.165, 1.54) is 0 Å². The molecule has 0 bridgehead atoms. The molecular formula is C21H29FN6O2. The Labute approximate surface area is 176 Å². The molecule has 2 saturated heterocycles. The number of hydrogen-bond donors (Lipinski definition) is 0. The van der Waals surface area contributed by atoms with Crippen molar-refractivity contribution in [2.45, 2.75) is 0 Å². The predicted octanol–water partition coefficient (Wildman–Crippen LogP) is 1.85. The number of anilines is 4. The summed E-state index contributed by atoms with van der Waals surface area (Å²) in [5.41, 5.74) is 1.06. The Morgan fingerprint density at radius 3 is 2.07 bits per heavy atom. The van der Waals surface area contributed by atoms with Crippen molar-refractivity contribution >= 4 is 23.3 Å². The summed E-state index contributed by atoms with van der Waals surface area (Å²) in [6.45, 7) is 5.26. The van der Waals surface area contributed by atoms with Crippen LogP contribution in [0.5, 0.6) is 5.75 Å². The zero-order valence-electron chi connectivity index (χ0n) is 17.8. The molecule has 0 unspecified atom stereocenters. The number of aromatic nitrogens is 2. The fourth-order valence-electron chi connectivity index (χ4n) is 3.86. The maximum atomic E-state index is 15.5. The van der Waals surface area contributed by atoms with Gasteiger partial charge in [0.1, 0.15) is 5.75 Å². The van der Waals surface area contributed by atoms with E-state index in [0.29, 0.717) is 57.0 Å². The fourth-order valence-corrected chi connectivity index (χ4v) is 3.86. The molecule has 0 radical (unpaired) electrons. The lowest BCUT2D eigenvalue weighted by atomic mass is 10.2. The van der Waals surface area contributed by atoms with Gasteiger partial charge in [0.2, 0.25) is 11.8 Å². The molecule has 0 atom stereocenters. The first-order chi connectivity index (χ1) is 14.6. The molecule has 0 N–H and O–H groups in total. The standard InChI is InChI=1S/C21H29FN6O2/c1-25(2)21-23-19(18(22)20(24-21)28-12-14-30-15-13-28)27-10-8-26(9-11-27)16-6-4-5-7-17(16)29-3/h4-7H,8-15H2,1-3H3. The third kappa shape index (κ3) is 4.07. The highest BCUT2D eigenvalue weighted by atomic mass is 19.1. The number of methoxy groups -OCH3 is 1. The van der Waals surface area contributed by atoms with Crippen molar-refractivity contribution in [1.29, 1.82) is 0 Å². The van der Waals surface area contributed by atoms with Gasteiger partial charge < -0.3 is 29.1 Å².